The molecule has 2 aromatic carbocycles. The van der Waals surface area contributed by atoms with Crippen LogP contribution < -0.4 is 14.8 Å². The summed E-state index contributed by atoms with van der Waals surface area (Å²) in [4.78, 5) is 23.4. The fourth-order valence-corrected chi connectivity index (χ4v) is 2.31. The second-order valence-corrected chi connectivity index (χ2v) is 5.40. The van der Waals surface area contributed by atoms with Crippen molar-refractivity contribution in [3.8, 4) is 11.5 Å². The molecule has 6 nitrogen and oxygen atoms in total. The summed E-state index contributed by atoms with van der Waals surface area (Å²) in [7, 11) is 1.54. The molecule has 0 aromatic heterocycles. The average molecular weight is 343 g/mol. The first kappa shape index (κ1) is 18.3. The number of methoxy groups -OCH3 is 1. The summed E-state index contributed by atoms with van der Waals surface area (Å²) in [6.45, 7) is 0.129. The summed E-state index contributed by atoms with van der Waals surface area (Å²) in [6.07, 6.45) is 0.284. The van der Waals surface area contributed by atoms with E-state index >= 15 is 0 Å². The number of benzene rings is 2. The van der Waals surface area contributed by atoms with E-state index in [1.165, 1.54) is 7.11 Å². The Morgan fingerprint density at radius 2 is 1.68 bits per heavy atom. The molecule has 132 valence electrons. The van der Waals surface area contributed by atoms with Crippen molar-refractivity contribution in [2.45, 2.75) is 18.9 Å². The van der Waals surface area contributed by atoms with Gasteiger partial charge >= 0.3 is 5.97 Å². The molecule has 2 N–H and O–H groups in total. The molecule has 0 saturated heterocycles. The van der Waals surface area contributed by atoms with E-state index in [2.05, 4.69) is 5.32 Å². The number of carbonyl (C=O) groups excluding carboxylic acids is 1. The fraction of sp³-hybridized carbons (Fsp3) is 0.263. The van der Waals surface area contributed by atoms with Gasteiger partial charge in [-0.1, -0.05) is 42.5 Å². The molecule has 1 atom stereocenters. The summed E-state index contributed by atoms with van der Waals surface area (Å²) in [5.41, 5.74) is 0.848. The zero-order chi connectivity index (χ0) is 18.1. The van der Waals surface area contributed by atoms with Gasteiger partial charge in [0, 0.05) is 6.42 Å². The maximum absolute atomic E-state index is 12.0. The molecule has 0 saturated carbocycles. The van der Waals surface area contributed by atoms with Crippen molar-refractivity contribution < 1.29 is 24.2 Å². The maximum atomic E-state index is 12.0. The van der Waals surface area contributed by atoms with E-state index in [9.17, 15) is 14.7 Å². The van der Waals surface area contributed by atoms with Crippen molar-refractivity contribution in [3.63, 3.8) is 0 Å². The third-order valence-electron chi connectivity index (χ3n) is 3.57. The Kier molecular flexibility index (Phi) is 6.83. The van der Waals surface area contributed by atoms with Crippen LogP contribution in [-0.2, 0) is 16.0 Å². The third-order valence-corrected chi connectivity index (χ3v) is 3.57. The Bertz CT molecular complexity index is 702. The quantitative estimate of drug-likeness (QED) is 0.730. The minimum Gasteiger partial charge on any atom is -0.493 e. The van der Waals surface area contributed by atoms with E-state index in [1.54, 1.807) is 18.2 Å². The molecule has 0 aliphatic heterocycles. The number of carboxylic acids is 1. The molecular formula is C19H21NO5. The van der Waals surface area contributed by atoms with Crippen molar-refractivity contribution in [2.75, 3.05) is 13.7 Å². The number of rotatable bonds is 9. The first-order valence-corrected chi connectivity index (χ1v) is 7.92. The van der Waals surface area contributed by atoms with E-state index in [-0.39, 0.29) is 25.4 Å². The van der Waals surface area contributed by atoms with Crippen LogP contribution in [0.3, 0.4) is 0 Å². The van der Waals surface area contributed by atoms with Crippen LogP contribution in [0.2, 0.25) is 0 Å². The second-order valence-electron chi connectivity index (χ2n) is 5.40. The molecule has 2 rings (SSSR count). The molecule has 0 spiro atoms. The first-order chi connectivity index (χ1) is 12.1. The fourth-order valence-electron chi connectivity index (χ4n) is 2.31. The maximum Gasteiger partial charge on any atom is 0.326 e. The summed E-state index contributed by atoms with van der Waals surface area (Å²) >= 11 is 0. The second kappa shape index (κ2) is 9.32. The van der Waals surface area contributed by atoms with Gasteiger partial charge in [0.25, 0.3) is 0 Å². The molecule has 0 aliphatic rings. The Balaban J connectivity index is 1.84. The Morgan fingerprint density at radius 3 is 2.32 bits per heavy atom. The number of nitrogens with one attached hydrogen (secondary N) is 1. The minimum absolute atomic E-state index is 0.0522. The number of amides is 1. The molecule has 0 radical (unpaired) electrons. The Hall–Kier alpha value is -3.02. The Labute approximate surface area is 146 Å². The predicted octanol–water partition coefficient (Wildman–Crippen LogP) is 2.28. The molecule has 0 unspecified atom stereocenters. The molecule has 0 aliphatic carbocycles. The van der Waals surface area contributed by atoms with Gasteiger partial charge in [-0.2, -0.15) is 0 Å². The molecule has 6 heteroatoms. The molecule has 0 heterocycles. The highest BCUT2D eigenvalue weighted by Crippen LogP contribution is 2.25. The zero-order valence-corrected chi connectivity index (χ0v) is 14.0. The van der Waals surface area contributed by atoms with Crippen LogP contribution in [0.5, 0.6) is 11.5 Å². The topological polar surface area (TPSA) is 84.9 Å². The van der Waals surface area contributed by atoms with Gasteiger partial charge in [0.05, 0.1) is 20.1 Å². The van der Waals surface area contributed by atoms with Crippen LogP contribution in [-0.4, -0.2) is 36.7 Å². The lowest BCUT2D eigenvalue weighted by Crippen LogP contribution is -2.42. The van der Waals surface area contributed by atoms with Gasteiger partial charge in [-0.3, -0.25) is 4.79 Å². The smallest absolute Gasteiger partial charge is 0.326 e. The van der Waals surface area contributed by atoms with Crippen molar-refractivity contribution in [1.82, 2.24) is 5.32 Å². The van der Waals surface area contributed by atoms with E-state index in [0.29, 0.717) is 11.5 Å². The van der Waals surface area contributed by atoms with Crippen LogP contribution >= 0.6 is 0 Å². The number of para-hydroxylation sites is 2. The highest BCUT2D eigenvalue weighted by molar-refractivity contribution is 5.83. The molecular weight excluding hydrogens is 322 g/mol. The normalized spacial score (nSPS) is 11.4. The number of carboxylic acid groups (broad SMARTS) is 1. The van der Waals surface area contributed by atoms with E-state index < -0.39 is 12.0 Å². The molecule has 1 amide bonds. The number of hydrogen-bond acceptors (Lipinski definition) is 4. The van der Waals surface area contributed by atoms with Crippen LogP contribution in [0.1, 0.15) is 12.0 Å². The number of ether oxygens (including phenoxy) is 2. The van der Waals surface area contributed by atoms with E-state index in [4.69, 9.17) is 9.47 Å². The SMILES string of the molecule is COc1ccccc1OCCC(=O)N[C@@H](Cc1ccccc1)C(=O)O. The highest BCUT2D eigenvalue weighted by Gasteiger charge is 2.20. The summed E-state index contributed by atoms with van der Waals surface area (Å²) in [6, 6.07) is 15.3. The molecule has 0 fully saturated rings. The lowest BCUT2D eigenvalue weighted by Gasteiger charge is -2.15. The van der Waals surface area contributed by atoms with Crippen LogP contribution in [0, 0.1) is 0 Å². The minimum atomic E-state index is -1.07. The van der Waals surface area contributed by atoms with Crippen LogP contribution in [0.15, 0.2) is 54.6 Å². The van der Waals surface area contributed by atoms with Gasteiger partial charge in [0.2, 0.25) is 5.91 Å². The van der Waals surface area contributed by atoms with Crippen molar-refractivity contribution >= 4 is 11.9 Å². The number of aliphatic carboxylic acids is 1. The molecule has 0 bridgehead atoms. The van der Waals surface area contributed by atoms with Gasteiger partial charge in [0.1, 0.15) is 6.04 Å². The first-order valence-electron chi connectivity index (χ1n) is 7.92. The third kappa shape index (κ3) is 5.84. The van der Waals surface area contributed by atoms with Gasteiger partial charge in [-0.25, -0.2) is 4.79 Å². The van der Waals surface area contributed by atoms with E-state index in [1.807, 2.05) is 36.4 Å². The summed E-state index contributed by atoms with van der Waals surface area (Å²) < 4.78 is 10.7. The lowest BCUT2D eigenvalue weighted by atomic mass is 10.1. The van der Waals surface area contributed by atoms with Crippen molar-refractivity contribution in [3.05, 3.63) is 60.2 Å². The summed E-state index contributed by atoms with van der Waals surface area (Å²) in [5, 5.41) is 11.8. The number of carbonyl (C=O) groups is 2. The largest absolute Gasteiger partial charge is 0.493 e. The monoisotopic (exact) mass is 343 g/mol. The molecule has 25 heavy (non-hydrogen) atoms. The van der Waals surface area contributed by atoms with Crippen LogP contribution in [0.25, 0.3) is 0 Å². The van der Waals surface area contributed by atoms with Gasteiger partial charge < -0.3 is 19.9 Å². The molecule has 2 aromatic rings. The highest BCUT2D eigenvalue weighted by atomic mass is 16.5. The standard InChI is InChI=1S/C19H21NO5/c1-24-16-9-5-6-10-17(16)25-12-11-18(21)20-15(19(22)23)13-14-7-3-2-4-8-14/h2-10,15H,11-13H2,1H3,(H,20,21)(H,22,23)/t15-/m0/s1. The predicted molar refractivity (Wildman–Crippen MR) is 92.8 cm³/mol. The Morgan fingerprint density at radius 1 is 1.04 bits per heavy atom. The van der Waals surface area contributed by atoms with Crippen LogP contribution in [0.4, 0.5) is 0 Å². The van der Waals surface area contributed by atoms with Gasteiger partial charge in [-0.15, -0.1) is 0 Å². The van der Waals surface area contributed by atoms with E-state index in [0.717, 1.165) is 5.56 Å². The number of hydrogen-bond donors (Lipinski definition) is 2. The van der Waals surface area contributed by atoms with Gasteiger partial charge in [0.15, 0.2) is 11.5 Å². The van der Waals surface area contributed by atoms with Crippen molar-refractivity contribution in [2.24, 2.45) is 0 Å². The lowest BCUT2D eigenvalue weighted by molar-refractivity contribution is -0.141. The average Bonchev–Trinajstić information content (AvgIpc) is 2.62. The zero-order valence-electron chi connectivity index (χ0n) is 14.0. The van der Waals surface area contributed by atoms with Gasteiger partial charge in [-0.05, 0) is 17.7 Å². The van der Waals surface area contributed by atoms with Crippen molar-refractivity contribution in [1.29, 1.82) is 0 Å². The summed E-state index contributed by atoms with van der Waals surface area (Å²) in [5.74, 6) is -0.326.